The van der Waals surface area contributed by atoms with Crippen LogP contribution < -0.4 is 4.74 Å². The van der Waals surface area contributed by atoms with Crippen LogP contribution in [0.2, 0.25) is 0 Å². The van der Waals surface area contributed by atoms with E-state index >= 15 is 0 Å². The van der Waals surface area contributed by atoms with Crippen molar-refractivity contribution in [3.63, 3.8) is 0 Å². The molecule has 0 aliphatic rings. The van der Waals surface area contributed by atoms with Gasteiger partial charge in [0.25, 0.3) is 0 Å². The minimum Gasteiger partial charge on any atom is -0.493 e. The van der Waals surface area contributed by atoms with Gasteiger partial charge in [-0.3, -0.25) is 0 Å². The zero-order chi connectivity index (χ0) is 20.7. The molecule has 0 saturated carbocycles. The standard InChI is InChI=1S/C25H35N3O/c1-3-5-6-7-8-9-10-13-22-16-18-27-25(28-22)23-14-11-12-15-24(23)29-19-17-21(4-2)20-26/h11-12,14-16,18,21H,3-10,13,17,19H2,1-2H3. The highest BCUT2D eigenvalue weighted by Gasteiger charge is 2.11. The van der Waals surface area contributed by atoms with Gasteiger partial charge in [-0.15, -0.1) is 0 Å². The molecular weight excluding hydrogens is 358 g/mol. The second-order valence-electron chi connectivity index (χ2n) is 7.61. The first-order valence-corrected chi connectivity index (χ1v) is 11.2. The smallest absolute Gasteiger partial charge is 0.163 e. The van der Waals surface area contributed by atoms with Crippen LogP contribution in [0.5, 0.6) is 5.75 Å². The van der Waals surface area contributed by atoms with Gasteiger partial charge in [-0.25, -0.2) is 9.97 Å². The molecule has 0 radical (unpaired) electrons. The lowest BCUT2D eigenvalue weighted by Crippen LogP contribution is -2.06. The molecule has 0 spiro atoms. The average molecular weight is 394 g/mol. The average Bonchev–Trinajstić information content (AvgIpc) is 2.76. The zero-order valence-corrected chi connectivity index (χ0v) is 18.1. The van der Waals surface area contributed by atoms with Crippen LogP contribution in [-0.4, -0.2) is 16.6 Å². The Morgan fingerprint density at radius 1 is 1.00 bits per heavy atom. The summed E-state index contributed by atoms with van der Waals surface area (Å²) in [5.41, 5.74) is 2.01. The van der Waals surface area contributed by atoms with Crippen LogP contribution in [0.1, 0.15) is 77.3 Å². The van der Waals surface area contributed by atoms with Crippen molar-refractivity contribution in [2.24, 2.45) is 5.92 Å². The lowest BCUT2D eigenvalue weighted by Gasteiger charge is -2.12. The quantitative estimate of drug-likeness (QED) is 0.333. The predicted molar refractivity (Wildman–Crippen MR) is 119 cm³/mol. The molecule has 0 amide bonds. The van der Waals surface area contributed by atoms with Crippen molar-refractivity contribution >= 4 is 0 Å². The molecule has 1 aromatic heterocycles. The number of hydrogen-bond donors (Lipinski definition) is 0. The van der Waals surface area contributed by atoms with Crippen LogP contribution in [0.25, 0.3) is 11.4 Å². The molecule has 2 aromatic rings. The first-order chi connectivity index (χ1) is 14.3. The third kappa shape index (κ3) is 8.23. The summed E-state index contributed by atoms with van der Waals surface area (Å²) in [4.78, 5) is 9.26. The summed E-state index contributed by atoms with van der Waals surface area (Å²) >= 11 is 0. The first kappa shape index (κ1) is 22.9. The predicted octanol–water partition coefficient (Wildman–Crippen LogP) is 6.76. The van der Waals surface area contributed by atoms with Crippen molar-refractivity contribution in [3.05, 3.63) is 42.2 Å². The molecule has 0 N–H and O–H groups in total. The van der Waals surface area contributed by atoms with Gasteiger partial charge in [-0.05, 0) is 43.9 Å². The van der Waals surface area contributed by atoms with Crippen molar-refractivity contribution in [3.8, 4) is 23.2 Å². The van der Waals surface area contributed by atoms with Crippen molar-refractivity contribution in [2.45, 2.75) is 78.1 Å². The Hall–Kier alpha value is -2.41. The summed E-state index contributed by atoms with van der Waals surface area (Å²) in [6.45, 7) is 4.82. The van der Waals surface area contributed by atoms with Crippen LogP contribution in [0, 0.1) is 17.2 Å². The monoisotopic (exact) mass is 393 g/mol. The number of ether oxygens (including phenoxy) is 1. The number of aryl methyl sites for hydroxylation is 1. The van der Waals surface area contributed by atoms with Gasteiger partial charge in [-0.1, -0.05) is 64.5 Å². The van der Waals surface area contributed by atoms with E-state index in [9.17, 15) is 0 Å². The van der Waals surface area contributed by atoms with Crippen molar-refractivity contribution < 1.29 is 4.74 Å². The minimum atomic E-state index is 0.0451. The molecule has 29 heavy (non-hydrogen) atoms. The third-order valence-electron chi connectivity index (χ3n) is 5.28. The Morgan fingerprint density at radius 3 is 2.52 bits per heavy atom. The topological polar surface area (TPSA) is 58.8 Å². The summed E-state index contributed by atoms with van der Waals surface area (Å²) in [6.07, 6.45) is 13.5. The van der Waals surface area contributed by atoms with Crippen LogP contribution in [0.4, 0.5) is 0 Å². The molecule has 1 aromatic carbocycles. The Balaban J connectivity index is 1.91. The molecule has 1 heterocycles. The summed E-state index contributed by atoms with van der Waals surface area (Å²) in [5, 5.41) is 9.10. The highest BCUT2D eigenvalue weighted by Crippen LogP contribution is 2.27. The Kier molecular flexibility index (Phi) is 10.8. The molecule has 0 aliphatic carbocycles. The summed E-state index contributed by atoms with van der Waals surface area (Å²) in [7, 11) is 0. The maximum atomic E-state index is 9.10. The minimum absolute atomic E-state index is 0.0451. The Labute approximate surface area is 176 Å². The van der Waals surface area contributed by atoms with Gasteiger partial charge < -0.3 is 4.74 Å². The fraction of sp³-hybridized carbons (Fsp3) is 0.560. The maximum Gasteiger partial charge on any atom is 0.163 e. The molecular formula is C25H35N3O. The van der Waals surface area contributed by atoms with Gasteiger partial charge in [0.05, 0.1) is 18.2 Å². The number of aromatic nitrogens is 2. The highest BCUT2D eigenvalue weighted by atomic mass is 16.5. The number of benzene rings is 1. The number of nitriles is 1. The summed E-state index contributed by atoms with van der Waals surface area (Å²) < 4.78 is 5.98. The second-order valence-corrected chi connectivity index (χ2v) is 7.61. The van der Waals surface area contributed by atoms with E-state index in [4.69, 9.17) is 15.0 Å². The number of nitrogens with zero attached hydrogens (tertiary/aromatic N) is 3. The summed E-state index contributed by atoms with van der Waals surface area (Å²) in [6, 6.07) is 12.2. The van der Waals surface area contributed by atoms with Gasteiger partial charge in [0.15, 0.2) is 5.82 Å². The molecule has 0 fully saturated rings. The largest absolute Gasteiger partial charge is 0.493 e. The van der Waals surface area contributed by atoms with E-state index in [1.807, 2.05) is 43.5 Å². The van der Waals surface area contributed by atoms with E-state index in [1.54, 1.807) is 0 Å². The van der Waals surface area contributed by atoms with Crippen LogP contribution in [0.3, 0.4) is 0 Å². The van der Waals surface area contributed by atoms with Gasteiger partial charge in [0, 0.05) is 17.8 Å². The number of rotatable bonds is 14. The van der Waals surface area contributed by atoms with Crippen LogP contribution in [0.15, 0.2) is 36.5 Å². The SMILES string of the molecule is CCCCCCCCCc1ccnc(-c2ccccc2OCCC(C#N)CC)n1. The van der Waals surface area contributed by atoms with Crippen molar-refractivity contribution in [2.75, 3.05) is 6.61 Å². The van der Waals surface area contributed by atoms with E-state index in [-0.39, 0.29) is 5.92 Å². The van der Waals surface area contributed by atoms with Gasteiger partial charge >= 0.3 is 0 Å². The fourth-order valence-electron chi connectivity index (χ4n) is 3.38. The molecule has 0 aliphatic heterocycles. The Morgan fingerprint density at radius 2 is 1.76 bits per heavy atom. The van der Waals surface area contributed by atoms with Crippen LogP contribution >= 0.6 is 0 Å². The van der Waals surface area contributed by atoms with E-state index in [0.717, 1.165) is 36.3 Å². The van der Waals surface area contributed by atoms with E-state index in [2.05, 4.69) is 18.0 Å². The third-order valence-corrected chi connectivity index (χ3v) is 5.28. The molecule has 2 rings (SSSR count). The number of unbranched alkanes of at least 4 members (excludes halogenated alkanes) is 6. The van der Waals surface area contributed by atoms with Gasteiger partial charge in [-0.2, -0.15) is 5.26 Å². The number of para-hydroxylation sites is 1. The van der Waals surface area contributed by atoms with Crippen molar-refractivity contribution in [1.82, 2.24) is 9.97 Å². The normalized spacial score (nSPS) is 11.8. The molecule has 156 valence electrons. The number of hydrogen-bond acceptors (Lipinski definition) is 4. The lowest BCUT2D eigenvalue weighted by atomic mass is 10.1. The highest BCUT2D eigenvalue weighted by molar-refractivity contribution is 5.63. The molecule has 0 bridgehead atoms. The van der Waals surface area contributed by atoms with Crippen molar-refractivity contribution in [1.29, 1.82) is 5.26 Å². The zero-order valence-electron chi connectivity index (χ0n) is 18.1. The Bertz CT molecular complexity index is 754. The fourth-order valence-corrected chi connectivity index (χ4v) is 3.38. The van der Waals surface area contributed by atoms with Gasteiger partial charge in [0.2, 0.25) is 0 Å². The molecule has 4 heteroatoms. The van der Waals surface area contributed by atoms with Crippen LogP contribution in [-0.2, 0) is 6.42 Å². The molecule has 1 atom stereocenters. The molecule has 0 saturated heterocycles. The maximum absolute atomic E-state index is 9.10. The second kappa shape index (κ2) is 13.7. The van der Waals surface area contributed by atoms with E-state index < -0.39 is 0 Å². The summed E-state index contributed by atoms with van der Waals surface area (Å²) in [5.74, 6) is 1.55. The first-order valence-electron chi connectivity index (χ1n) is 11.2. The van der Waals surface area contributed by atoms with E-state index in [0.29, 0.717) is 12.4 Å². The van der Waals surface area contributed by atoms with Gasteiger partial charge in [0.1, 0.15) is 5.75 Å². The molecule has 1 unspecified atom stereocenters. The van der Waals surface area contributed by atoms with E-state index in [1.165, 1.54) is 44.9 Å². The lowest BCUT2D eigenvalue weighted by molar-refractivity contribution is 0.292. The molecule has 4 nitrogen and oxygen atoms in total.